The summed E-state index contributed by atoms with van der Waals surface area (Å²) >= 11 is 7.59. The monoisotopic (exact) mass is 201 g/mol. The number of halogens is 1. The van der Waals surface area contributed by atoms with Crippen molar-refractivity contribution < 1.29 is 0 Å². The van der Waals surface area contributed by atoms with Gasteiger partial charge in [-0.25, -0.2) is 0 Å². The lowest BCUT2D eigenvalue weighted by Gasteiger charge is -2.08. The molecule has 0 spiro atoms. The molecule has 0 aliphatic heterocycles. The fourth-order valence-electron chi connectivity index (χ4n) is 0.874. The van der Waals surface area contributed by atoms with E-state index >= 15 is 0 Å². The Morgan fingerprint density at radius 1 is 1.42 bits per heavy atom. The predicted octanol–water partition coefficient (Wildman–Crippen LogP) is 3.42. The number of nitrogen functional groups attached to an aromatic ring is 1. The van der Waals surface area contributed by atoms with Crippen molar-refractivity contribution in [3.8, 4) is 0 Å². The first-order valence-corrected chi connectivity index (χ1v) is 5.07. The van der Waals surface area contributed by atoms with Gasteiger partial charge >= 0.3 is 0 Å². The van der Waals surface area contributed by atoms with Gasteiger partial charge in [0.05, 0.1) is 10.7 Å². The normalized spacial score (nSPS) is 10.7. The number of hydrogen-bond acceptors (Lipinski definition) is 2. The molecule has 0 aromatic heterocycles. The van der Waals surface area contributed by atoms with E-state index in [9.17, 15) is 0 Å². The molecule has 0 amide bonds. The zero-order chi connectivity index (χ0) is 9.14. The van der Waals surface area contributed by atoms with Crippen molar-refractivity contribution in [3.63, 3.8) is 0 Å². The Bertz CT molecular complexity index is 273. The average molecular weight is 202 g/mol. The van der Waals surface area contributed by atoms with Crippen LogP contribution in [0.4, 0.5) is 5.69 Å². The third kappa shape index (κ3) is 2.32. The van der Waals surface area contributed by atoms with E-state index in [-0.39, 0.29) is 0 Å². The van der Waals surface area contributed by atoms with E-state index < -0.39 is 0 Å². The first-order valence-electron chi connectivity index (χ1n) is 3.82. The van der Waals surface area contributed by atoms with Gasteiger partial charge in [-0.2, -0.15) is 0 Å². The molecule has 0 fully saturated rings. The number of nitrogens with two attached hydrogens (primary N) is 1. The molecule has 0 atom stereocenters. The third-order valence-corrected chi connectivity index (χ3v) is 2.79. The second-order valence-corrected chi connectivity index (χ2v) is 4.84. The van der Waals surface area contributed by atoms with E-state index in [1.807, 2.05) is 12.1 Å². The van der Waals surface area contributed by atoms with Gasteiger partial charge in [0.25, 0.3) is 0 Å². The summed E-state index contributed by atoms with van der Waals surface area (Å²) in [4.78, 5) is 1.07. The highest BCUT2D eigenvalue weighted by molar-refractivity contribution is 8.00. The highest BCUT2D eigenvalue weighted by atomic mass is 35.5. The highest BCUT2D eigenvalue weighted by Crippen LogP contribution is 2.32. The lowest BCUT2D eigenvalue weighted by atomic mass is 10.3. The molecule has 0 radical (unpaired) electrons. The van der Waals surface area contributed by atoms with Gasteiger partial charge in [0.1, 0.15) is 0 Å². The minimum atomic E-state index is 0.533. The quantitative estimate of drug-likeness (QED) is 0.586. The molecule has 1 nitrogen and oxygen atoms in total. The molecule has 3 heteroatoms. The van der Waals surface area contributed by atoms with Gasteiger partial charge in [-0.05, 0) is 12.1 Å². The smallest absolute Gasteiger partial charge is 0.0646 e. The third-order valence-electron chi connectivity index (χ3n) is 1.38. The standard InChI is InChI=1S/C9H12ClNS/c1-6(2)12-8-5-3-4-7(10)9(8)11/h3-6H,11H2,1-2H3. The fraction of sp³-hybridized carbons (Fsp3) is 0.333. The molecule has 0 heterocycles. The number of benzene rings is 1. The van der Waals surface area contributed by atoms with Crippen LogP contribution in [0.5, 0.6) is 0 Å². The Hall–Kier alpha value is -0.340. The van der Waals surface area contributed by atoms with Gasteiger partial charge in [0, 0.05) is 10.1 Å². The van der Waals surface area contributed by atoms with Gasteiger partial charge in [0.2, 0.25) is 0 Å². The molecule has 0 saturated heterocycles. The van der Waals surface area contributed by atoms with Crippen LogP contribution in [0.3, 0.4) is 0 Å². The van der Waals surface area contributed by atoms with Crippen LogP contribution in [0.25, 0.3) is 0 Å². The van der Waals surface area contributed by atoms with Crippen LogP contribution in [0, 0.1) is 0 Å². The molecule has 0 bridgehead atoms. The van der Waals surface area contributed by atoms with Crippen LogP contribution in [-0.2, 0) is 0 Å². The van der Waals surface area contributed by atoms with E-state index in [0.29, 0.717) is 16.0 Å². The molecule has 1 aromatic rings. The Balaban J connectivity index is 2.92. The Labute approximate surface area is 82.3 Å². The summed E-state index contributed by atoms with van der Waals surface area (Å²) in [5.41, 5.74) is 6.47. The summed E-state index contributed by atoms with van der Waals surface area (Å²) in [6.07, 6.45) is 0. The summed E-state index contributed by atoms with van der Waals surface area (Å²) < 4.78 is 0. The maximum Gasteiger partial charge on any atom is 0.0646 e. The van der Waals surface area contributed by atoms with Crippen molar-refractivity contribution in [3.05, 3.63) is 23.2 Å². The fourth-order valence-corrected chi connectivity index (χ4v) is 2.01. The minimum Gasteiger partial charge on any atom is -0.397 e. The van der Waals surface area contributed by atoms with Crippen LogP contribution in [0.15, 0.2) is 23.1 Å². The zero-order valence-corrected chi connectivity index (χ0v) is 8.75. The number of hydrogen-bond donors (Lipinski definition) is 1. The summed E-state index contributed by atoms with van der Waals surface area (Å²) in [5.74, 6) is 0. The molecule has 1 rings (SSSR count). The molecule has 0 aliphatic carbocycles. The van der Waals surface area contributed by atoms with Gasteiger partial charge in [0.15, 0.2) is 0 Å². The molecule has 1 aromatic carbocycles. The molecule has 0 aliphatic rings. The summed E-state index contributed by atoms with van der Waals surface area (Å²) in [7, 11) is 0. The molecular formula is C9H12ClNS. The number of rotatable bonds is 2. The summed E-state index contributed by atoms with van der Waals surface area (Å²) in [5, 5.41) is 1.17. The van der Waals surface area contributed by atoms with Crippen molar-refractivity contribution in [2.45, 2.75) is 24.0 Å². The summed E-state index contributed by atoms with van der Waals surface area (Å²) in [6.45, 7) is 4.26. The van der Waals surface area contributed by atoms with Crippen LogP contribution in [0.2, 0.25) is 5.02 Å². The first-order chi connectivity index (χ1) is 5.61. The van der Waals surface area contributed by atoms with Gasteiger partial charge in [-0.1, -0.05) is 31.5 Å². The minimum absolute atomic E-state index is 0.533. The van der Waals surface area contributed by atoms with E-state index in [2.05, 4.69) is 13.8 Å². The molecule has 0 unspecified atom stereocenters. The van der Waals surface area contributed by atoms with E-state index in [0.717, 1.165) is 4.90 Å². The number of thioether (sulfide) groups is 1. The largest absolute Gasteiger partial charge is 0.397 e. The Kier molecular flexibility index (Phi) is 3.29. The number of anilines is 1. The van der Waals surface area contributed by atoms with Crippen molar-refractivity contribution in [2.24, 2.45) is 0 Å². The van der Waals surface area contributed by atoms with E-state index in [4.69, 9.17) is 17.3 Å². The molecule has 12 heavy (non-hydrogen) atoms. The van der Waals surface area contributed by atoms with Crippen LogP contribution < -0.4 is 5.73 Å². The topological polar surface area (TPSA) is 26.0 Å². The highest BCUT2D eigenvalue weighted by Gasteiger charge is 2.04. The van der Waals surface area contributed by atoms with Crippen LogP contribution in [-0.4, -0.2) is 5.25 Å². The van der Waals surface area contributed by atoms with E-state index in [1.165, 1.54) is 0 Å². The second-order valence-electron chi connectivity index (χ2n) is 2.82. The molecular weight excluding hydrogens is 190 g/mol. The van der Waals surface area contributed by atoms with Gasteiger partial charge in [-0.3, -0.25) is 0 Å². The maximum atomic E-state index is 5.86. The Morgan fingerprint density at radius 3 is 2.67 bits per heavy atom. The maximum absolute atomic E-state index is 5.86. The van der Waals surface area contributed by atoms with Crippen LogP contribution >= 0.6 is 23.4 Å². The average Bonchev–Trinajstić information content (AvgIpc) is 1.98. The molecule has 0 saturated carbocycles. The van der Waals surface area contributed by atoms with Crippen LogP contribution in [0.1, 0.15) is 13.8 Å². The Morgan fingerprint density at radius 2 is 2.08 bits per heavy atom. The molecule has 66 valence electrons. The first kappa shape index (κ1) is 9.75. The molecule has 2 N–H and O–H groups in total. The lowest BCUT2D eigenvalue weighted by Crippen LogP contribution is -1.93. The van der Waals surface area contributed by atoms with Gasteiger partial charge < -0.3 is 5.73 Å². The SMILES string of the molecule is CC(C)Sc1cccc(Cl)c1N. The lowest BCUT2D eigenvalue weighted by molar-refractivity contribution is 1.11. The number of para-hydroxylation sites is 1. The van der Waals surface area contributed by atoms with Crippen molar-refractivity contribution in [1.29, 1.82) is 0 Å². The zero-order valence-electron chi connectivity index (χ0n) is 7.17. The second kappa shape index (κ2) is 4.06. The van der Waals surface area contributed by atoms with Crippen molar-refractivity contribution in [2.75, 3.05) is 5.73 Å². The van der Waals surface area contributed by atoms with Crippen molar-refractivity contribution in [1.82, 2.24) is 0 Å². The van der Waals surface area contributed by atoms with E-state index in [1.54, 1.807) is 17.8 Å². The van der Waals surface area contributed by atoms with Gasteiger partial charge in [-0.15, -0.1) is 11.8 Å². The van der Waals surface area contributed by atoms with Crippen molar-refractivity contribution >= 4 is 29.1 Å². The predicted molar refractivity (Wildman–Crippen MR) is 56.9 cm³/mol. The summed E-state index contributed by atoms with van der Waals surface area (Å²) in [6, 6.07) is 5.72.